The van der Waals surface area contributed by atoms with E-state index in [-0.39, 0.29) is 42.0 Å². The van der Waals surface area contributed by atoms with E-state index in [0.717, 1.165) is 5.56 Å². The molecule has 1 aliphatic rings. The van der Waals surface area contributed by atoms with Crippen molar-refractivity contribution in [2.24, 2.45) is 5.92 Å². The fourth-order valence-electron chi connectivity index (χ4n) is 3.18. The molecule has 8 nitrogen and oxygen atoms in total. The lowest BCUT2D eigenvalue weighted by atomic mass is 9.97. The number of benzene rings is 2. The second-order valence-corrected chi connectivity index (χ2v) is 9.15. The van der Waals surface area contributed by atoms with Gasteiger partial charge >= 0.3 is 0 Å². The molecule has 0 atom stereocenters. The predicted molar refractivity (Wildman–Crippen MR) is 108 cm³/mol. The van der Waals surface area contributed by atoms with Crippen LogP contribution in [-0.2, 0) is 21.4 Å². The van der Waals surface area contributed by atoms with E-state index in [1.54, 1.807) is 12.1 Å². The summed E-state index contributed by atoms with van der Waals surface area (Å²) in [6.45, 7) is 0.793. The van der Waals surface area contributed by atoms with Crippen molar-refractivity contribution in [1.29, 1.82) is 0 Å². The van der Waals surface area contributed by atoms with Gasteiger partial charge in [0.2, 0.25) is 15.9 Å². The fourth-order valence-corrected chi connectivity index (χ4v) is 4.78. The number of amides is 1. The maximum atomic E-state index is 12.7. The van der Waals surface area contributed by atoms with Gasteiger partial charge < -0.3 is 5.32 Å². The lowest BCUT2D eigenvalue weighted by Crippen LogP contribution is -2.42. The lowest BCUT2D eigenvalue weighted by molar-refractivity contribution is -0.384. The molecule has 0 aromatic heterocycles. The van der Waals surface area contributed by atoms with E-state index >= 15 is 0 Å². The molecule has 0 aliphatic carbocycles. The number of rotatable bonds is 6. The zero-order valence-corrected chi connectivity index (χ0v) is 17.0. The number of carbonyl (C=O) groups is 1. The third-order valence-corrected chi connectivity index (χ3v) is 7.05. The van der Waals surface area contributed by atoms with Crippen molar-refractivity contribution in [3.8, 4) is 0 Å². The van der Waals surface area contributed by atoms with Crippen molar-refractivity contribution in [2.45, 2.75) is 24.3 Å². The molecule has 1 amide bonds. The Morgan fingerprint density at radius 1 is 1.10 bits per heavy atom. The molecule has 1 heterocycles. The highest BCUT2D eigenvalue weighted by molar-refractivity contribution is 7.89. The normalized spacial score (nSPS) is 15.8. The van der Waals surface area contributed by atoms with Crippen LogP contribution in [0.15, 0.2) is 53.4 Å². The fraction of sp³-hybridized carbons (Fsp3) is 0.316. The van der Waals surface area contributed by atoms with E-state index in [4.69, 9.17) is 11.6 Å². The van der Waals surface area contributed by atoms with Crippen LogP contribution >= 0.6 is 11.6 Å². The van der Waals surface area contributed by atoms with Gasteiger partial charge in [-0.2, -0.15) is 4.31 Å². The van der Waals surface area contributed by atoms with Crippen LogP contribution in [0, 0.1) is 16.0 Å². The number of carbonyl (C=O) groups excluding carboxylic acids is 1. The van der Waals surface area contributed by atoms with Crippen LogP contribution in [0.2, 0.25) is 5.02 Å². The number of nitrogens with one attached hydrogen (secondary N) is 1. The molecule has 1 fully saturated rings. The second-order valence-electron chi connectivity index (χ2n) is 6.77. The van der Waals surface area contributed by atoms with Crippen LogP contribution in [-0.4, -0.2) is 36.6 Å². The van der Waals surface area contributed by atoms with Crippen molar-refractivity contribution >= 4 is 33.2 Å². The smallest absolute Gasteiger partial charge is 0.269 e. The largest absolute Gasteiger partial charge is 0.352 e. The van der Waals surface area contributed by atoms with Crippen LogP contribution in [0.25, 0.3) is 0 Å². The monoisotopic (exact) mass is 437 g/mol. The van der Waals surface area contributed by atoms with Crippen LogP contribution in [0.4, 0.5) is 5.69 Å². The Kier molecular flexibility index (Phi) is 6.51. The zero-order chi connectivity index (χ0) is 21.0. The van der Waals surface area contributed by atoms with Crippen molar-refractivity contribution in [1.82, 2.24) is 9.62 Å². The van der Waals surface area contributed by atoms with Crippen molar-refractivity contribution in [2.75, 3.05) is 13.1 Å². The molecule has 1 N–H and O–H groups in total. The Hall–Kier alpha value is -2.49. The van der Waals surface area contributed by atoms with Gasteiger partial charge in [-0.1, -0.05) is 23.7 Å². The average molecular weight is 438 g/mol. The minimum absolute atomic E-state index is 0.00524. The zero-order valence-electron chi connectivity index (χ0n) is 15.5. The second kappa shape index (κ2) is 8.89. The first-order valence-electron chi connectivity index (χ1n) is 9.04. The summed E-state index contributed by atoms with van der Waals surface area (Å²) in [5.74, 6) is -0.420. The number of hydrogen-bond donors (Lipinski definition) is 1. The molecule has 1 saturated heterocycles. The van der Waals surface area contributed by atoms with Gasteiger partial charge in [0.15, 0.2) is 0 Å². The predicted octanol–water partition coefficient (Wildman–Crippen LogP) is 2.97. The van der Waals surface area contributed by atoms with Gasteiger partial charge in [-0.05, 0) is 42.7 Å². The van der Waals surface area contributed by atoms with Crippen LogP contribution in [0.1, 0.15) is 18.4 Å². The van der Waals surface area contributed by atoms with E-state index in [0.29, 0.717) is 17.9 Å². The Morgan fingerprint density at radius 2 is 1.69 bits per heavy atom. The maximum Gasteiger partial charge on any atom is 0.269 e. The molecule has 0 radical (unpaired) electrons. The lowest BCUT2D eigenvalue weighted by Gasteiger charge is -2.30. The summed E-state index contributed by atoms with van der Waals surface area (Å²) in [6, 6.07) is 12.0. The molecule has 2 aromatic carbocycles. The molecule has 0 bridgehead atoms. The summed E-state index contributed by atoms with van der Waals surface area (Å²) >= 11 is 5.81. The summed E-state index contributed by atoms with van der Waals surface area (Å²) in [5.41, 5.74) is 0.751. The first-order valence-corrected chi connectivity index (χ1v) is 10.9. The summed E-state index contributed by atoms with van der Waals surface area (Å²) in [5, 5.41) is 14.0. The molecule has 2 aromatic rings. The molecule has 29 heavy (non-hydrogen) atoms. The topological polar surface area (TPSA) is 110 Å². The molecular formula is C19H20ClN3O5S. The molecule has 10 heteroatoms. The minimum Gasteiger partial charge on any atom is -0.352 e. The van der Waals surface area contributed by atoms with E-state index in [1.807, 2.05) is 0 Å². The van der Waals surface area contributed by atoms with Gasteiger partial charge in [0.1, 0.15) is 0 Å². The summed E-state index contributed by atoms with van der Waals surface area (Å²) < 4.78 is 26.8. The first kappa shape index (κ1) is 21.2. The maximum absolute atomic E-state index is 12.7. The van der Waals surface area contributed by atoms with E-state index in [2.05, 4.69) is 5.32 Å². The molecular weight excluding hydrogens is 418 g/mol. The Labute approximate surface area is 173 Å². The summed E-state index contributed by atoms with van der Waals surface area (Å²) in [6.07, 6.45) is 0.859. The van der Waals surface area contributed by atoms with Crippen LogP contribution in [0.3, 0.4) is 0 Å². The van der Waals surface area contributed by atoms with Crippen molar-refractivity contribution in [3.63, 3.8) is 0 Å². The summed E-state index contributed by atoms with van der Waals surface area (Å²) in [4.78, 5) is 22.8. The van der Waals surface area contributed by atoms with Gasteiger partial charge in [0, 0.05) is 42.7 Å². The standard InChI is InChI=1S/C19H20ClN3O5S/c20-16-3-7-18(8-4-16)29(27,28)22-11-9-15(10-12-22)19(24)21-13-14-1-5-17(6-2-14)23(25)26/h1-8,15H,9-13H2,(H,21,24). The number of non-ortho nitro benzene ring substituents is 1. The molecule has 154 valence electrons. The Morgan fingerprint density at radius 3 is 2.24 bits per heavy atom. The number of halogens is 1. The minimum atomic E-state index is -3.61. The SMILES string of the molecule is O=C(NCc1ccc([N+](=O)[O-])cc1)C1CCN(S(=O)(=O)c2ccc(Cl)cc2)CC1. The number of piperidine rings is 1. The molecule has 3 rings (SSSR count). The number of nitro groups is 1. The van der Waals surface area contributed by atoms with Crippen LogP contribution < -0.4 is 5.32 Å². The quantitative estimate of drug-likeness (QED) is 0.551. The highest BCUT2D eigenvalue weighted by Crippen LogP contribution is 2.25. The third-order valence-electron chi connectivity index (χ3n) is 4.89. The van der Waals surface area contributed by atoms with E-state index < -0.39 is 14.9 Å². The Bertz CT molecular complexity index is 986. The van der Waals surface area contributed by atoms with Gasteiger partial charge in [-0.15, -0.1) is 0 Å². The van der Waals surface area contributed by atoms with Gasteiger partial charge in [-0.25, -0.2) is 8.42 Å². The molecule has 0 spiro atoms. The number of nitrogens with zero attached hydrogens (tertiary/aromatic N) is 2. The van der Waals surface area contributed by atoms with E-state index in [1.165, 1.54) is 40.7 Å². The number of sulfonamides is 1. The van der Waals surface area contributed by atoms with Gasteiger partial charge in [0.25, 0.3) is 5.69 Å². The number of nitro benzene ring substituents is 1. The molecule has 0 saturated carbocycles. The molecule has 1 aliphatic heterocycles. The van der Waals surface area contributed by atoms with Crippen molar-refractivity contribution in [3.05, 3.63) is 69.2 Å². The first-order chi connectivity index (χ1) is 13.8. The van der Waals surface area contributed by atoms with Gasteiger partial charge in [0.05, 0.1) is 9.82 Å². The third kappa shape index (κ3) is 5.11. The van der Waals surface area contributed by atoms with Crippen molar-refractivity contribution < 1.29 is 18.1 Å². The highest BCUT2D eigenvalue weighted by atomic mass is 35.5. The highest BCUT2D eigenvalue weighted by Gasteiger charge is 2.32. The molecule has 0 unspecified atom stereocenters. The average Bonchev–Trinajstić information content (AvgIpc) is 2.72. The van der Waals surface area contributed by atoms with Crippen LogP contribution in [0.5, 0.6) is 0 Å². The summed E-state index contributed by atoms with van der Waals surface area (Å²) in [7, 11) is -3.61. The van der Waals surface area contributed by atoms with Gasteiger partial charge in [-0.3, -0.25) is 14.9 Å². The Balaban J connectivity index is 1.52. The number of hydrogen-bond acceptors (Lipinski definition) is 5. The van der Waals surface area contributed by atoms with E-state index in [9.17, 15) is 23.3 Å².